The lowest BCUT2D eigenvalue weighted by atomic mass is 10.0. The molecule has 11 heteroatoms. The Bertz CT molecular complexity index is 1510. The normalized spacial score (nSPS) is 21.3. The molecule has 1 aromatic carbocycles. The molecule has 2 saturated heterocycles. The number of rotatable bonds is 5. The molecule has 3 aliphatic heterocycles. The van der Waals surface area contributed by atoms with Crippen molar-refractivity contribution in [3.05, 3.63) is 58.5 Å². The number of fused-ring (bicyclic) bond motifs is 2. The highest BCUT2D eigenvalue weighted by atomic mass is 16.5. The maximum Gasteiger partial charge on any atom is 0.257 e. The molecular formula is C28H30N6O5. The van der Waals surface area contributed by atoms with Gasteiger partial charge in [0.1, 0.15) is 18.4 Å². The number of aromatic nitrogens is 3. The van der Waals surface area contributed by atoms with Crippen molar-refractivity contribution in [2.75, 3.05) is 13.2 Å². The summed E-state index contributed by atoms with van der Waals surface area (Å²) in [5, 5.41) is 6.79. The van der Waals surface area contributed by atoms with Crippen LogP contribution in [0.15, 0.2) is 30.5 Å². The summed E-state index contributed by atoms with van der Waals surface area (Å²) in [6, 6.07) is 6.43. The zero-order valence-electron chi connectivity index (χ0n) is 22.0. The van der Waals surface area contributed by atoms with E-state index in [-0.39, 0.29) is 36.7 Å². The van der Waals surface area contributed by atoms with Crippen LogP contribution in [0.25, 0.3) is 5.65 Å². The summed E-state index contributed by atoms with van der Waals surface area (Å²) in [7, 11) is 0. The van der Waals surface area contributed by atoms with Gasteiger partial charge in [-0.1, -0.05) is 0 Å². The summed E-state index contributed by atoms with van der Waals surface area (Å²) >= 11 is 0. The van der Waals surface area contributed by atoms with Crippen LogP contribution in [0.5, 0.6) is 5.75 Å². The summed E-state index contributed by atoms with van der Waals surface area (Å²) in [5.74, 6) is -0.435. The van der Waals surface area contributed by atoms with E-state index >= 15 is 0 Å². The average Bonchev–Trinajstić information content (AvgIpc) is 3.47. The summed E-state index contributed by atoms with van der Waals surface area (Å²) in [6.07, 6.45) is 4.93. The van der Waals surface area contributed by atoms with Gasteiger partial charge in [-0.3, -0.25) is 24.5 Å². The SMILES string of the molecule is Cc1cc2ncc(C(=O)N3CCCC[C@@H]3COc3ccc4c(c3)CN(C3CCC(=O)NC3=O)C4=O)c(C)n2n1. The van der Waals surface area contributed by atoms with E-state index in [1.807, 2.05) is 30.9 Å². The fourth-order valence-electron chi connectivity index (χ4n) is 5.80. The van der Waals surface area contributed by atoms with Gasteiger partial charge in [-0.15, -0.1) is 0 Å². The van der Waals surface area contributed by atoms with Crippen molar-refractivity contribution < 1.29 is 23.9 Å². The molecular weight excluding hydrogens is 500 g/mol. The predicted molar refractivity (Wildman–Crippen MR) is 139 cm³/mol. The summed E-state index contributed by atoms with van der Waals surface area (Å²) in [6.45, 7) is 5.03. The average molecular weight is 531 g/mol. The number of aryl methyl sites for hydroxylation is 2. The number of benzene rings is 1. The molecule has 5 heterocycles. The van der Waals surface area contributed by atoms with Gasteiger partial charge >= 0.3 is 0 Å². The fraction of sp³-hybridized carbons (Fsp3) is 0.429. The second-order valence-corrected chi connectivity index (χ2v) is 10.5. The van der Waals surface area contributed by atoms with Crippen molar-refractivity contribution in [2.45, 2.75) is 64.6 Å². The molecule has 39 heavy (non-hydrogen) atoms. The molecule has 6 rings (SSSR count). The molecule has 3 aromatic rings. The topological polar surface area (TPSA) is 126 Å². The van der Waals surface area contributed by atoms with Gasteiger partial charge < -0.3 is 14.5 Å². The van der Waals surface area contributed by atoms with Crippen LogP contribution in [0.2, 0.25) is 0 Å². The molecule has 0 aliphatic carbocycles. The number of hydrogen-bond acceptors (Lipinski definition) is 7. The number of ether oxygens (including phenoxy) is 1. The third kappa shape index (κ3) is 4.51. The number of imide groups is 1. The van der Waals surface area contributed by atoms with Crippen LogP contribution in [0.1, 0.15) is 69.8 Å². The molecule has 0 bridgehead atoms. The Hall–Kier alpha value is -4.28. The second-order valence-electron chi connectivity index (χ2n) is 10.5. The Morgan fingerprint density at radius 1 is 1.13 bits per heavy atom. The Morgan fingerprint density at radius 2 is 1.97 bits per heavy atom. The molecule has 1 unspecified atom stereocenters. The molecule has 2 fully saturated rings. The maximum atomic E-state index is 13.6. The second kappa shape index (κ2) is 9.79. The first-order valence-electron chi connectivity index (χ1n) is 13.3. The van der Waals surface area contributed by atoms with Crippen molar-refractivity contribution in [1.29, 1.82) is 0 Å². The Balaban J connectivity index is 1.15. The van der Waals surface area contributed by atoms with Crippen LogP contribution >= 0.6 is 0 Å². The van der Waals surface area contributed by atoms with Crippen LogP contribution in [0, 0.1) is 13.8 Å². The van der Waals surface area contributed by atoms with Gasteiger partial charge in [0.15, 0.2) is 5.65 Å². The molecule has 11 nitrogen and oxygen atoms in total. The van der Waals surface area contributed by atoms with E-state index in [9.17, 15) is 19.2 Å². The first kappa shape index (κ1) is 25.0. The minimum atomic E-state index is -0.656. The molecule has 2 atom stereocenters. The zero-order valence-corrected chi connectivity index (χ0v) is 22.0. The Labute approximate surface area is 225 Å². The minimum Gasteiger partial charge on any atom is -0.491 e. The van der Waals surface area contributed by atoms with Gasteiger partial charge in [0.05, 0.1) is 23.0 Å². The van der Waals surface area contributed by atoms with Crippen LogP contribution in [-0.4, -0.2) is 73.3 Å². The van der Waals surface area contributed by atoms with Gasteiger partial charge in [-0.05, 0) is 63.3 Å². The number of hydrogen-bond donors (Lipinski definition) is 1. The Kier molecular flexibility index (Phi) is 6.28. The Morgan fingerprint density at radius 3 is 2.79 bits per heavy atom. The molecule has 202 valence electrons. The molecule has 3 aliphatic rings. The van der Waals surface area contributed by atoms with Crippen molar-refractivity contribution >= 4 is 29.3 Å². The monoisotopic (exact) mass is 530 g/mol. The number of amides is 4. The molecule has 0 spiro atoms. The lowest BCUT2D eigenvalue weighted by Crippen LogP contribution is -2.52. The lowest BCUT2D eigenvalue weighted by Gasteiger charge is -2.35. The van der Waals surface area contributed by atoms with Gasteiger partial charge in [-0.25, -0.2) is 9.50 Å². The highest BCUT2D eigenvalue weighted by Crippen LogP contribution is 2.31. The molecule has 1 N–H and O–H groups in total. The largest absolute Gasteiger partial charge is 0.491 e. The number of piperidine rings is 2. The number of nitrogens with one attached hydrogen (secondary N) is 1. The highest BCUT2D eigenvalue weighted by Gasteiger charge is 2.39. The third-order valence-electron chi connectivity index (χ3n) is 7.90. The molecule has 2 aromatic heterocycles. The first-order chi connectivity index (χ1) is 18.8. The van der Waals surface area contributed by atoms with Crippen molar-refractivity contribution in [1.82, 2.24) is 29.7 Å². The smallest absolute Gasteiger partial charge is 0.257 e. The van der Waals surface area contributed by atoms with Crippen LogP contribution < -0.4 is 10.1 Å². The number of nitrogens with zero attached hydrogens (tertiary/aromatic N) is 5. The summed E-state index contributed by atoms with van der Waals surface area (Å²) < 4.78 is 7.87. The zero-order chi connectivity index (χ0) is 27.3. The fourth-order valence-corrected chi connectivity index (χ4v) is 5.80. The van der Waals surface area contributed by atoms with E-state index in [4.69, 9.17) is 4.74 Å². The molecule has 0 radical (unpaired) electrons. The molecule has 0 saturated carbocycles. The predicted octanol–water partition coefficient (Wildman–Crippen LogP) is 2.18. The van der Waals surface area contributed by atoms with Gasteiger partial charge in [-0.2, -0.15) is 5.10 Å². The number of carbonyl (C=O) groups is 4. The third-order valence-corrected chi connectivity index (χ3v) is 7.90. The molecule has 4 amide bonds. The lowest BCUT2D eigenvalue weighted by molar-refractivity contribution is -0.136. The van der Waals surface area contributed by atoms with E-state index in [2.05, 4.69) is 15.4 Å². The van der Waals surface area contributed by atoms with E-state index in [0.717, 1.165) is 36.2 Å². The van der Waals surface area contributed by atoms with Gasteiger partial charge in [0.25, 0.3) is 11.8 Å². The summed E-state index contributed by atoms with van der Waals surface area (Å²) in [4.78, 5) is 58.2. The van der Waals surface area contributed by atoms with Crippen LogP contribution in [-0.2, 0) is 16.1 Å². The summed E-state index contributed by atoms with van der Waals surface area (Å²) in [5.41, 5.74) is 4.16. The number of carbonyl (C=O) groups excluding carboxylic acids is 4. The van der Waals surface area contributed by atoms with Crippen LogP contribution in [0.4, 0.5) is 0 Å². The van der Waals surface area contributed by atoms with E-state index in [1.54, 1.807) is 22.8 Å². The van der Waals surface area contributed by atoms with Crippen molar-refractivity contribution in [3.8, 4) is 5.75 Å². The highest BCUT2D eigenvalue weighted by molar-refractivity contribution is 6.05. The van der Waals surface area contributed by atoms with E-state index < -0.39 is 11.9 Å². The van der Waals surface area contributed by atoms with E-state index in [1.165, 1.54) is 4.90 Å². The minimum absolute atomic E-state index is 0.0808. The van der Waals surface area contributed by atoms with Gasteiger partial charge in [0.2, 0.25) is 11.8 Å². The number of likely N-dealkylation sites (tertiary alicyclic amines) is 1. The first-order valence-corrected chi connectivity index (χ1v) is 13.3. The van der Waals surface area contributed by atoms with Crippen molar-refractivity contribution in [3.63, 3.8) is 0 Å². The van der Waals surface area contributed by atoms with Crippen molar-refractivity contribution in [2.24, 2.45) is 0 Å². The maximum absolute atomic E-state index is 13.6. The van der Waals surface area contributed by atoms with Crippen LogP contribution in [0.3, 0.4) is 0 Å². The van der Waals surface area contributed by atoms with Gasteiger partial charge in [0, 0.05) is 37.3 Å². The van der Waals surface area contributed by atoms with E-state index in [0.29, 0.717) is 42.1 Å². The standard InChI is InChI=1S/C28H30N6O5/c1-16-11-24-29-13-22(17(2)34(24)31-16)28(38)32-10-4-3-5-19(32)15-39-20-6-7-21-18(12-20)14-33(27(21)37)23-8-9-25(35)30-26(23)36/h6-7,11-13,19,23H,3-5,8-10,14-15H2,1-2H3,(H,30,35,36)/t19-,23?/m1/s1. The quantitative estimate of drug-likeness (QED) is 0.501.